The molecule has 0 spiro atoms. The van der Waals surface area contributed by atoms with Crippen LogP contribution in [0.15, 0.2) is 51.8 Å². The lowest BCUT2D eigenvalue weighted by Gasteiger charge is -2.12. The Labute approximate surface area is 122 Å². The summed E-state index contributed by atoms with van der Waals surface area (Å²) < 4.78 is 33.4. The monoisotopic (exact) mass is 301 g/mol. The number of furan rings is 1. The minimum atomic E-state index is -3.49. The molecule has 0 saturated heterocycles. The molecule has 3 aromatic rings. The summed E-state index contributed by atoms with van der Waals surface area (Å²) in [5.74, 6) is 0. The minimum Gasteiger partial charge on any atom is -0.456 e. The fourth-order valence-corrected chi connectivity index (χ4v) is 4.04. The number of fused-ring (bicyclic) bond motifs is 3. The number of para-hydroxylation sites is 1. The molecule has 1 fully saturated rings. The summed E-state index contributed by atoms with van der Waals surface area (Å²) in [6.45, 7) is 1.93. The smallest absolute Gasteiger partial charge is 0.241 e. The van der Waals surface area contributed by atoms with Crippen molar-refractivity contribution < 1.29 is 12.8 Å². The lowest BCUT2D eigenvalue weighted by atomic mass is 10.1. The van der Waals surface area contributed by atoms with Gasteiger partial charge in [-0.15, -0.1) is 0 Å². The highest BCUT2D eigenvalue weighted by atomic mass is 32.2. The second-order valence-electron chi connectivity index (χ2n) is 5.92. The Morgan fingerprint density at radius 1 is 1.05 bits per heavy atom. The normalized spacial score (nSPS) is 17.4. The maximum atomic E-state index is 12.4. The molecule has 1 aliphatic carbocycles. The number of hydrogen-bond donors (Lipinski definition) is 1. The minimum absolute atomic E-state index is 0.272. The average molecular weight is 301 g/mol. The molecule has 2 aromatic carbocycles. The third-order valence-electron chi connectivity index (χ3n) is 4.04. The van der Waals surface area contributed by atoms with Crippen molar-refractivity contribution in [1.29, 1.82) is 0 Å². The van der Waals surface area contributed by atoms with E-state index in [0.717, 1.165) is 29.2 Å². The molecule has 1 aliphatic rings. The van der Waals surface area contributed by atoms with Crippen molar-refractivity contribution in [2.24, 2.45) is 0 Å². The van der Waals surface area contributed by atoms with Gasteiger partial charge in [0.05, 0.1) is 4.90 Å². The fraction of sp³-hybridized carbons (Fsp3) is 0.250. The van der Waals surface area contributed by atoms with Crippen LogP contribution in [0, 0.1) is 0 Å². The van der Waals surface area contributed by atoms with Gasteiger partial charge in [0.2, 0.25) is 10.0 Å². The van der Waals surface area contributed by atoms with Gasteiger partial charge in [-0.3, -0.25) is 0 Å². The molecule has 1 N–H and O–H groups in total. The topological polar surface area (TPSA) is 59.3 Å². The largest absolute Gasteiger partial charge is 0.456 e. The molecule has 1 saturated carbocycles. The highest BCUT2D eigenvalue weighted by molar-refractivity contribution is 7.89. The molecule has 0 unspecified atom stereocenters. The van der Waals surface area contributed by atoms with Gasteiger partial charge in [-0.2, -0.15) is 0 Å². The molecule has 0 aliphatic heterocycles. The van der Waals surface area contributed by atoms with E-state index in [1.807, 2.05) is 31.2 Å². The fourth-order valence-electron chi connectivity index (χ4n) is 2.55. The Hall–Kier alpha value is -1.85. The van der Waals surface area contributed by atoms with E-state index in [1.165, 1.54) is 0 Å². The summed E-state index contributed by atoms with van der Waals surface area (Å²) in [5.41, 5.74) is 1.20. The number of nitrogens with one attached hydrogen (secondary N) is 1. The zero-order valence-electron chi connectivity index (χ0n) is 11.6. The standard InChI is InChI=1S/C16H15NO3S/c1-16(8-9-16)17-21(18,19)11-6-7-15-13(10-11)12-4-2-3-5-14(12)20-15/h2-7,10,17H,8-9H2,1H3. The summed E-state index contributed by atoms with van der Waals surface area (Å²) in [6.07, 6.45) is 1.78. The molecular weight excluding hydrogens is 286 g/mol. The van der Waals surface area contributed by atoms with Gasteiger partial charge in [-0.25, -0.2) is 13.1 Å². The van der Waals surface area contributed by atoms with E-state index in [-0.39, 0.29) is 10.4 Å². The summed E-state index contributed by atoms with van der Waals surface area (Å²) in [6, 6.07) is 12.6. The Morgan fingerprint density at radius 3 is 2.52 bits per heavy atom. The van der Waals surface area contributed by atoms with Crippen molar-refractivity contribution in [3.05, 3.63) is 42.5 Å². The van der Waals surface area contributed by atoms with Crippen molar-refractivity contribution >= 4 is 32.0 Å². The summed E-state index contributed by atoms with van der Waals surface area (Å²) in [7, 11) is -3.49. The Balaban J connectivity index is 1.88. The predicted molar refractivity (Wildman–Crippen MR) is 81.7 cm³/mol. The van der Waals surface area contributed by atoms with Crippen molar-refractivity contribution in [2.75, 3.05) is 0 Å². The molecule has 1 aromatic heterocycles. The first-order valence-electron chi connectivity index (χ1n) is 6.92. The van der Waals surface area contributed by atoms with E-state index < -0.39 is 10.0 Å². The summed E-state index contributed by atoms with van der Waals surface area (Å²) in [5, 5.41) is 1.76. The van der Waals surface area contributed by atoms with E-state index in [1.54, 1.807) is 18.2 Å². The van der Waals surface area contributed by atoms with Crippen molar-refractivity contribution in [3.8, 4) is 0 Å². The van der Waals surface area contributed by atoms with Crippen LogP contribution in [-0.2, 0) is 10.0 Å². The van der Waals surface area contributed by atoms with Gasteiger partial charge in [0.25, 0.3) is 0 Å². The quantitative estimate of drug-likeness (QED) is 0.806. The first-order chi connectivity index (χ1) is 9.97. The predicted octanol–water partition coefficient (Wildman–Crippen LogP) is 3.42. The van der Waals surface area contributed by atoms with E-state index in [2.05, 4.69) is 4.72 Å². The van der Waals surface area contributed by atoms with Gasteiger partial charge in [-0.05, 0) is 44.0 Å². The zero-order valence-corrected chi connectivity index (χ0v) is 12.4. The van der Waals surface area contributed by atoms with E-state index >= 15 is 0 Å². The van der Waals surface area contributed by atoms with Gasteiger partial charge in [0.1, 0.15) is 11.2 Å². The zero-order chi connectivity index (χ0) is 14.7. The SMILES string of the molecule is CC1(NS(=O)(=O)c2ccc3oc4ccccc4c3c2)CC1. The number of hydrogen-bond acceptors (Lipinski definition) is 3. The maximum Gasteiger partial charge on any atom is 0.241 e. The molecule has 5 heteroatoms. The highest BCUT2D eigenvalue weighted by Gasteiger charge is 2.41. The van der Waals surface area contributed by atoms with Crippen molar-refractivity contribution in [2.45, 2.75) is 30.2 Å². The third kappa shape index (κ3) is 2.13. The summed E-state index contributed by atoms with van der Waals surface area (Å²) >= 11 is 0. The van der Waals surface area contributed by atoms with Crippen LogP contribution < -0.4 is 4.72 Å². The summed E-state index contributed by atoms with van der Waals surface area (Å²) in [4.78, 5) is 0.287. The van der Waals surface area contributed by atoms with Gasteiger partial charge in [0, 0.05) is 16.3 Å². The number of sulfonamides is 1. The molecule has 0 atom stereocenters. The van der Waals surface area contributed by atoms with Crippen LogP contribution in [0.4, 0.5) is 0 Å². The number of rotatable bonds is 3. The van der Waals surface area contributed by atoms with Gasteiger partial charge < -0.3 is 4.42 Å². The lowest BCUT2D eigenvalue weighted by Crippen LogP contribution is -2.34. The van der Waals surface area contributed by atoms with E-state index in [9.17, 15) is 8.42 Å². The van der Waals surface area contributed by atoms with Crippen molar-refractivity contribution in [1.82, 2.24) is 4.72 Å². The first-order valence-corrected chi connectivity index (χ1v) is 8.41. The van der Waals surface area contributed by atoms with Gasteiger partial charge in [0.15, 0.2) is 0 Å². The molecule has 4 nitrogen and oxygen atoms in total. The highest BCUT2D eigenvalue weighted by Crippen LogP contribution is 2.36. The van der Waals surface area contributed by atoms with E-state index in [0.29, 0.717) is 5.58 Å². The molecule has 0 bridgehead atoms. The second-order valence-corrected chi connectivity index (χ2v) is 7.60. The van der Waals surface area contributed by atoms with Crippen LogP contribution in [0.1, 0.15) is 19.8 Å². The number of benzene rings is 2. The molecule has 108 valence electrons. The lowest BCUT2D eigenvalue weighted by molar-refractivity contribution is 0.558. The molecule has 21 heavy (non-hydrogen) atoms. The Morgan fingerprint density at radius 2 is 1.76 bits per heavy atom. The molecule has 0 amide bonds. The Bertz CT molecular complexity index is 952. The van der Waals surface area contributed by atoms with Crippen LogP contribution >= 0.6 is 0 Å². The van der Waals surface area contributed by atoms with Crippen LogP contribution in [-0.4, -0.2) is 14.0 Å². The molecule has 1 heterocycles. The van der Waals surface area contributed by atoms with Crippen molar-refractivity contribution in [3.63, 3.8) is 0 Å². The maximum absolute atomic E-state index is 12.4. The molecular formula is C16H15NO3S. The van der Waals surface area contributed by atoms with Crippen LogP contribution in [0.25, 0.3) is 21.9 Å². The Kier molecular flexibility index (Phi) is 2.50. The van der Waals surface area contributed by atoms with Crippen LogP contribution in [0.3, 0.4) is 0 Å². The van der Waals surface area contributed by atoms with E-state index in [4.69, 9.17) is 4.42 Å². The third-order valence-corrected chi connectivity index (χ3v) is 5.68. The molecule has 4 rings (SSSR count). The molecule has 0 radical (unpaired) electrons. The first kappa shape index (κ1) is 12.9. The van der Waals surface area contributed by atoms with Crippen LogP contribution in [0.2, 0.25) is 0 Å². The average Bonchev–Trinajstić information content (AvgIpc) is 3.04. The second kappa shape index (κ2) is 4.08. The van der Waals surface area contributed by atoms with Crippen LogP contribution in [0.5, 0.6) is 0 Å². The van der Waals surface area contributed by atoms with Gasteiger partial charge in [-0.1, -0.05) is 18.2 Å². The van der Waals surface area contributed by atoms with Gasteiger partial charge >= 0.3 is 0 Å².